The van der Waals surface area contributed by atoms with E-state index < -0.39 is 43.3 Å². The number of nitrogens with two attached hydrogens (primary N) is 1. The number of anilines is 1. The number of amides is 2. The summed E-state index contributed by atoms with van der Waals surface area (Å²) in [5.41, 5.74) is 6.91. The Labute approximate surface area is 161 Å². The lowest BCUT2D eigenvalue weighted by molar-refractivity contribution is -0.131. The van der Waals surface area contributed by atoms with Gasteiger partial charge >= 0.3 is 0 Å². The number of alkyl halides is 2. The second-order valence-corrected chi connectivity index (χ2v) is 7.13. The van der Waals surface area contributed by atoms with Crippen molar-refractivity contribution < 1.29 is 18.4 Å². The van der Waals surface area contributed by atoms with Gasteiger partial charge in [0, 0.05) is 31.7 Å². The van der Waals surface area contributed by atoms with E-state index >= 15 is 0 Å². The van der Waals surface area contributed by atoms with E-state index in [2.05, 4.69) is 10.3 Å². The lowest BCUT2D eigenvalue weighted by Gasteiger charge is -2.32. The van der Waals surface area contributed by atoms with E-state index in [4.69, 9.17) is 11.0 Å². The zero-order valence-corrected chi connectivity index (χ0v) is 15.3. The Balaban J connectivity index is 1.64. The molecule has 2 aliphatic rings. The first-order chi connectivity index (χ1) is 13.3. The average molecular weight is 392 g/mol. The van der Waals surface area contributed by atoms with Crippen molar-refractivity contribution in [1.29, 1.82) is 5.26 Å². The standard InChI is InChI=1S/C18H22F2N6O2/c19-18(20)7-13(8-21)26(11-18)16(27)10-24-17(28)14-1-4-23-9-15(14)25-5-2-12(22)3-6-25/h1,4,9,12-13H,2-3,5-7,10-11,22H2,(H,24,28). The number of piperidine rings is 1. The number of carbonyl (C=O) groups is 2. The lowest BCUT2D eigenvalue weighted by atomic mass is 10.0. The highest BCUT2D eigenvalue weighted by Gasteiger charge is 2.47. The van der Waals surface area contributed by atoms with Gasteiger partial charge in [0.2, 0.25) is 5.91 Å². The predicted molar refractivity (Wildman–Crippen MR) is 96.7 cm³/mol. The largest absolute Gasteiger partial charge is 0.370 e. The highest BCUT2D eigenvalue weighted by Crippen LogP contribution is 2.31. The Bertz CT molecular complexity index is 789. The first-order valence-corrected chi connectivity index (χ1v) is 9.10. The number of nitrogens with one attached hydrogen (secondary N) is 1. The van der Waals surface area contributed by atoms with Crippen LogP contribution in [0.1, 0.15) is 29.6 Å². The molecule has 0 aliphatic carbocycles. The molecule has 0 spiro atoms. The maximum Gasteiger partial charge on any atom is 0.268 e. The van der Waals surface area contributed by atoms with E-state index in [1.54, 1.807) is 18.3 Å². The van der Waals surface area contributed by atoms with Crippen molar-refractivity contribution in [3.63, 3.8) is 0 Å². The fraction of sp³-hybridized carbons (Fsp3) is 0.556. The molecule has 1 unspecified atom stereocenters. The highest BCUT2D eigenvalue weighted by atomic mass is 19.3. The van der Waals surface area contributed by atoms with Crippen LogP contribution in [0.25, 0.3) is 0 Å². The summed E-state index contributed by atoms with van der Waals surface area (Å²) in [6.45, 7) is 0.117. The van der Waals surface area contributed by atoms with Gasteiger partial charge in [0.05, 0.1) is 36.6 Å². The molecule has 2 saturated heterocycles. The Morgan fingerprint density at radius 3 is 2.79 bits per heavy atom. The summed E-state index contributed by atoms with van der Waals surface area (Å²) < 4.78 is 27.0. The summed E-state index contributed by atoms with van der Waals surface area (Å²) in [5, 5.41) is 11.5. The lowest BCUT2D eigenvalue weighted by Crippen LogP contribution is -2.43. The van der Waals surface area contributed by atoms with Gasteiger partial charge in [-0.25, -0.2) is 8.78 Å². The number of rotatable bonds is 4. The fourth-order valence-corrected chi connectivity index (χ4v) is 3.52. The van der Waals surface area contributed by atoms with Gasteiger partial charge in [-0.05, 0) is 18.9 Å². The van der Waals surface area contributed by atoms with Gasteiger partial charge in [-0.2, -0.15) is 5.26 Å². The van der Waals surface area contributed by atoms with Crippen molar-refractivity contribution in [1.82, 2.24) is 15.2 Å². The van der Waals surface area contributed by atoms with Gasteiger partial charge in [0.15, 0.2) is 0 Å². The number of nitriles is 1. The zero-order valence-electron chi connectivity index (χ0n) is 15.3. The quantitative estimate of drug-likeness (QED) is 0.771. The molecule has 3 rings (SSSR count). The highest BCUT2D eigenvalue weighted by molar-refractivity contribution is 6.01. The maximum absolute atomic E-state index is 13.5. The van der Waals surface area contributed by atoms with E-state index in [9.17, 15) is 18.4 Å². The van der Waals surface area contributed by atoms with Gasteiger partial charge in [-0.15, -0.1) is 0 Å². The van der Waals surface area contributed by atoms with Crippen LogP contribution < -0.4 is 16.0 Å². The van der Waals surface area contributed by atoms with Gasteiger partial charge < -0.3 is 20.9 Å². The molecule has 2 fully saturated rings. The topological polar surface area (TPSA) is 115 Å². The third kappa shape index (κ3) is 4.36. The number of aromatic nitrogens is 1. The number of hydrogen-bond donors (Lipinski definition) is 2. The van der Waals surface area contributed by atoms with E-state index in [1.165, 1.54) is 6.20 Å². The SMILES string of the molecule is N#CC1CC(F)(F)CN1C(=O)CNC(=O)c1ccncc1N1CCC(N)CC1. The first-order valence-electron chi connectivity index (χ1n) is 9.10. The van der Waals surface area contributed by atoms with Crippen LogP contribution in [0.2, 0.25) is 0 Å². The van der Waals surface area contributed by atoms with Crippen LogP contribution in [0.3, 0.4) is 0 Å². The second kappa shape index (κ2) is 8.06. The summed E-state index contributed by atoms with van der Waals surface area (Å²) >= 11 is 0. The van der Waals surface area contributed by atoms with E-state index in [0.29, 0.717) is 24.3 Å². The van der Waals surface area contributed by atoms with Crippen LogP contribution in [0.15, 0.2) is 18.5 Å². The molecule has 0 saturated carbocycles. The second-order valence-electron chi connectivity index (χ2n) is 7.13. The number of likely N-dealkylation sites (tertiary alicyclic amines) is 1. The zero-order chi connectivity index (χ0) is 20.3. The third-order valence-corrected chi connectivity index (χ3v) is 5.06. The van der Waals surface area contributed by atoms with Crippen molar-refractivity contribution in [2.24, 2.45) is 5.73 Å². The molecule has 1 aromatic heterocycles. The number of pyridine rings is 1. The molecule has 2 amide bonds. The third-order valence-electron chi connectivity index (χ3n) is 5.06. The van der Waals surface area contributed by atoms with Gasteiger partial charge in [-0.3, -0.25) is 14.6 Å². The predicted octanol–water partition coefficient (Wildman–Crippen LogP) is 0.499. The van der Waals surface area contributed by atoms with E-state index in [0.717, 1.165) is 17.7 Å². The van der Waals surface area contributed by atoms with Crippen LogP contribution in [-0.4, -0.2) is 65.9 Å². The van der Waals surface area contributed by atoms with Crippen molar-refractivity contribution in [2.75, 3.05) is 31.1 Å². The molecule has 150 valence electrons. The molecule has 0 bridgehead atoms. The van der Waals surface area contributed by atoms with Gasteiger partial charge in [-0.1, -0.05) is 0 Å². The van der Waals surface area contributed by atoms with Crippen LogP contribution in [0, 0.1) is 11.3 Å². The van der Waals surface area contributed by atoms with E-state index in [-0.39, 0.29) is 6.04 Å². The van der Waals surface area contributed by atoms with Crippen molar-refractivity contribution >= 4 is 17.5 Å². The minimum atomic E-state index is -3.09. The van der Waals surface area contributed by atoms with Crippen LogP contribution in [-0.2, 0) is 4.79 Å². The van der Waals surface area contributed by atoms with Crippen molar-refractivity contribution in [3.8, 4) is 6.07 Å². The molecule has 8 nitrogen and oxygen atoms in total. The molecular weight excluding hydrogens is 370 g/mol. The molecule has 1 aromatic rings. The summed E-state index contributed by atoms with van der Waals surface area (Å²) in [5.74, 6) is -4.30. The molecular formula is C18H22F2N6O2. The Hall–Kier alpha value is -2.80. The van der Waals surface area contributed by atoms with Gasteiger partial charge in [0.25, 0.3) is 11.8 Å². The minimum absolute atomic E-state index is 0.134. The Morgan fingerprint density at radius 2 is 2.11 bits per heavy atom. The summed E-state index contributed by atoms with van der Waals surface area (Å²) in [7, 11) is 0. The molecule has 0 aromatic carbocycles. The monoisotopic (exact) mass is 392 g/mol. The van der Waals surface area contributed by atoms with Crippen LogP contribution >= 0.6 is 0 Å². The molecule has 28 heavy (non-hydrogen) atoms. The molecule has 0 radical (unpaired) electrons. The fourth-order valence-electron chi connectivity index (χ4n) is 3.52. The van der Waals surface area contributed by atoms with Crippen molar-refractivity contribution in [3.05, 3.63) is 24.0 Å². The average Bonchev–Trinajstić information content (AvgIpc) is 3.01. The number of halogens is 2. The van der Waals surface area contributed by atoms with Crippen LogP contribution in [0.5, 0.6) is 0 Å². The normalized spacial score (nSPS) is 22.0. The minimum Gasteiger partial charge on any atom is -0.370 e. The van der Waals surface area contributed by atoms with Crippen LogP contribution in [0.4, 0.5) is 14.5 Å². The van der Waals surface area contributed by atoms with Crippen molar-refractivity contribution in [2.45, 2.75) is 37.3 Å². The van der Waals surface area contributed by atoms with Gasteiger partial charge in [0.1, 0.15) is 6.04 Å². The molecule has 2 aliphatic heterocycles. The molecule has 10 heteroatoms. The number of carbonyl (C=O) groups excluding carboxylic acids is 2. The summed E-state index contributed by atoms with van der Waals surface area (Å²) in [6, 6.07) is 2.21. The molecule has 3 heterocycles. The first kappa shape index (κ1) is 19.9. The molecule has 1 atom stereocenters. The smallest absolute Gasteiger partial charge is 0.268 e. The summed E-state index contributed by atoms with van der Waals surface area (Å²) in [4.78, 5) is 31.7. The Morgan fingerprint density at radius 1 is 1.39 bits per heavy atom. The number of hydrogen-bond acceptors (Lipinski definition) is 6. The summed E-state index contributed by atoms with van der Waals surface area (Å²) in [6.07, 6.45) is 3.97. The number of nitrogens with zero attached hydrogens (tertiary/aromatic N) is 4. The Kier molecular flexibility index (Phi) is 5.74. The molecule has 3 N–H and O–H groups in total. The van der Waals surface area contributed by atoms with E-state index in [1.807, 2.05) is 4.90 Å². The maximum atomic E-state index is 13.5.